The number of hydrogen-bond donors (Lipinski definition) is 2. The molecule has 35 heavy (non-hydrogen) atoms. The van der Waals surface area contributed by atoms with Crippen molar-refractivity contribution in [2.75, 3.05) is 12.9 Å². The van der Waals surface area contributed by atoms with E-state index in [-0.39, 0.29) is 17.4 Å². The van der Waals surface area contributed by atoms with Gasteiger partial charge in [-0.05, 0) is 49.7 Å². The lowest BCUT2D eigenvalue weighted by atomic mass is 10.1. The van der Waals surface area contributed by atoms with Crippen molar-refractivity contribution < 1.29 is 14.6 Å². The average molecular weight is 488 g/mol. The molecule has 0 unspecified atom stereocenters. The summed E-state index contributed by atoms with van der Waals surface area (Å²) in [6.07, 6.45) is 1.48. The zero-order valence-corrected chi connectivity index (χ0v) is 20.4. The van der Waals surface area contributed by atoms with Crippen LogP contribution in [0.15, 0.2) is 77.0 Å². The highest BCUT2D eigenvalue weighted by atomic mass is 32.2. The molecule has 2 N–H and O–H groups in total. The Labute approximate surface area is 207 Å². The van der Waals surface area contributed by atoms with Crippen LogP contribution in [0.5, 0.6) is 11.5 Å². The number of phenolic OH excluding ortho intramolecular Hbond substituents is 1. The second kappa shape index (κ2) is 10.9. The SMILES string of the molecule is COc1cc(/C=N\NC(=O)CSc2nnc(-c3ccc(C)cc3)n2-c2ccc(C)cc2)ccc1O. The summed E-state index contributed by atoms with van der Waals surface area (Å²) in [6, 6.07) is 21.0. The van der Waals surface area contributed by atoms with Crippen molar-refractivity contribution in [1.29, 1.82) is 0 Å². The van der Waals surface area contributed by atoms with Crippen LogP contribution < -0.4 is 10.2 Å². The summed E-state index contributed by atoms with van der Waals surface area (Å²) >= 11 is 1.28. The van der Waals surface area contributed by atoms with Crippen molar-refractivity contribution in [3.05, 3.63) is 83.4 Å². The number of phenols is 1. The normalized spacial score (nSPS) is 11.1. The Morgan fingerprint density at radius 2 is 1.74 bits per heavy atom. The number of hydrogen-bond acceptors (Lipinski definition) is 7. The third-order valence-corrected chi connectivity index (χ3v) is 6.10. The van der Waals surface area contributed by atoms with Crippen molar-refractivity contribution in [1.82, 2.24) is 20.2 Å². The quantitative estimate of drug-likeness (QED) is 0.215. The molecule has 0 bridgehead atoms. The Hall–Kier alpha value is -4.11. The lowest BCUT2D eigenvalue weighted by molar-refractivity contribution is -0.118. The number of aryl methyl sites for hydroxylation is 2. The molecule has 0 radical (unpaired) electrons. The van der Waals surface area contributed by atoms with Gasteiger partial charge in [-0.3, -0.25) is 9.36 Å². The maximum Gasteiger partial charge on any atom is 0.250 e. The van der Waals surface area contributed by atoms with Crippen molar-refractivity contribution in [2.45, 2.75) is 19.0 Å². The maximum atomic E-state index is 12.4. The number of nitrogens with zero attached hydrogens (tertiary/aromatic N) is 4. The first kappa shape index (κ1) is 24.0. The molecule has 3 aromatic carbocycles. The highest BCUT2D eigenvalue weighted by Crippen LogP contribution is 2.28. The molecule has 4 rings (SSSR count). The van der Waals surface area contributed by atoms with E-state index in [0.717, 1.165) is 22.4 Å². The van der Waals surface area contributed by atoms with E-state index in [4.69, 9.17) is 4.74 Å². The standard InChI is InChI=1S/C26H25N5O3S/c1-17-4-9-20(10-5-17)25-29-30-26(31(25)21-11-6-18(2)7-12-21)35-16-24(33)28-27-15-19-8-13-22(32)23(14-19)34-3/h4-15,32H,16H2,1-3H3,(H,28,33)/b27-15-. The van der Waals surface area contributed by atoms with Gasteiger partial charge in [0.05, 0.1) is 19.1 Å². The number of benzene rings is 3. The third kappa shape index (κ3) is 5.88. The predicted molar refractivity (Wildman–Crippen MR) is 137 cm³/mol. The van der Waals surface area contributed by atoms with Gasteiger partial charge in [-0.2, -0.15) is 5.10 Å². The number of rotatable bonds is 8. The number of carbonyl (C=O) groups is 1. The van der Waals surface area contributed by atoms with Crippen molar-refractivity contribution in [2.24, 2.45) is 5.10 Å². The summed E-state index contributed by atoms with van der Waals surface area (Å²) in [5.74, 6) is 0.889. The zero-order valence-electron chi connectivity index (χ0n) is 19.6. The van der Waals surface area contributed by atoms with Crippen LogP contribution in [-0.4, -0.2) is 44.9 Å². The molecular formula is C26H25N5O3S. The lowest BCUT2D eigenvalue weighted by Gasteiger charge is -2.11. The van der Waals surface area contributed by atoms with Gasteiger partial charge in [-0.1, -0.05) is 59.3 Å². The molecule has 0 aliphatic carbocycles. The molecule has 0 aliphatic rings. The summed E-state index contributed by atoms with van der Waals surface area (Å²) < 4.78 is 7.03. The van der Waals surface area contributed by atoms with Gasteiger partial charge in [0.15, 0.2) is 22.5 Å². The molecule has 0 aliphatic heterocycles. The second-order valence-corrected chi connectivity index (χ2v) is 8.80. The van der Waals surface area contributed by atoms with Crippen LogP contribution >= 0.6 is 11.8 Å². The molecule has 0 saturated carbocycles. The fourth-order valence-corrected chi connectivity index (χ4v) is 4.04. The molecule has 4 aromatic rings. The Kier molecular flexibility index (Phi) is 7.47. The molecule has 1 heterocycles. The highest BCUT2D eigenvalue weighted by molar-refractivity contribution is 7.99. The van der Waals surface area contributed by atoms with Gasteiger partial charge in [-0.25, -0.2) is 5.43 Å². The lowest BCUT2D eigenvalue weighted by Crippen LogP contribution is -2.20. The van der Waals surface area contributed by atoms with Gasteiger partial charge in [-0.15, -0.1) is 10.2 Å². The fourth-order valence-electron chi connectivity index (χ4n) is 3.30. The first-order chi connectivity index (χ1) is 16.9. The van der Waals surface area contributed by atoms with E-state index in [1.807, 2.05) is 66.9 Å². The highest BCUT2D eigenvalue weighted by Gasteiger charge is 2.17. The molecule has 0 spiro atoms. The van der Waals surface area contributed by atoms with Crippen LogP contribution in [0.2, 0.25) is 0 Å². The van der Waals surface area contributed by atoms with Gasteiger partial charge in [0.2, 0.25) is 0 Å². The minimum absolute atomic E-state index is 0.0350. The Bertz CT molecular complexity index is 1350. The Morgan fingerprint density at radius 3 is 2.43 bits per heavy atom. The first-order valence-electron chi connectivity index (χ1n) is 10.9. The number of aromatic hydroxyl groups is 1. The van der Waals surface area contributed by atoms with E-state index in [1.165, 1.54) is 31.2 Å². The topological polar surface area (TPSA) is 102 Å². The summed E-state index contributed by atoms with van der Waals surface area (Å²) in [5.41, 5.74) is 7.35. The van der Waals surface area contributed by atoms with E-state index in [1.54, 1.807) is 12.1 Å². The monoisotopic (exact) mass is 487 g/mol. The van der Waals surface area contributed by atoms with Crippen molar-refractivity contribution in [3.63, 3.8) is 0 Å². The van der Waals surface area contributed by atoms with E-state index in [2.05, 4.69) is 20.7 Å². The maximum absolute atomic E-state index is 12.4. The Balaban J connectivity index is 1.49. The van der Waals surface area contributed by atoms with Crippen LogP contribution in [0, 0.1) is 13.8 Å². The number of methoxy groups -OCH3 is 1. The minimum atomic E-state index is -0.285. The molecule has 178 valence electrons. The molecule has 9 heteroatoms. The molecular weight excluding hydrogens is 462 g/mol. The third-order valence-electron chi connectivity index (χ3n) is 5.17. The largest absolute Gasteiger partial charge is 0.504 e. The number of ether oxygens (including phenoxy) is 1. The molecule has 8 nitrogen and oxygen atoms in total. The summed E-state index contributed by atoms with van der Waals surface area (Å²) in [7, 11) is 1.47. The molecule has 0 atom stereocenters. The van der Waals surface area contributed by atoms with Gasteiger partial charge in [0.1, 0.15) is 0 Å². The first-order valence-corrected chi connectivity index (χ1v) is 11.8. The predicted octanol–water partition coefficient (Wildman–Crippen LogP) is 4.51. The zero-order chi connectivity index (χ0) is 24.8. The van der Waals surface area contributed by atoms with Crippen LogP contribution in [0.4, 0.5) is 0 Å². The number of nitrogens with one attached hydrogen (secondary N) is 1. The average Bonchev–Trinajstić information content (AvgIpc) is 3.28. The van der Waals surface area contributed by atoms with E-state index >= 15 is 0 Å². The van der Waals surface area contributed by atoms with Crippen LogP contribution in [0.25, 0.3) is 17.1 Å². The molecule has 0 fully saturated rings. The minimum Gasteiger partial charge on any atom is -0.504 e. The van der Waals surface area contributed by atoms with Crippen LogP contribution in [-0.2, 0) is 4.79 Å². The van der Waals surface area contributed by atoms with Crippen LogP contribution in [0.1, 0.15) is 16.7 Å². The van der Waals surface area contributed by atoms with Gasteiger partial charge >= 0.3 is 0 Å². The summed E-state index contributed by atoms with van der Waals surface area (Å²) in [4.78, 5) is 12.4. The molecule has 1 aromatic heterocycles. The van der Waals surface area contributed by atoms with Crippen molar-refractivity contribution in [3.8, 4) is 28.6 Å². The number of thioether (sulfide) groups is 1. The fraction of sp³-hybridized carbons (Fsp3) is 0.154. The number of amides is 1. The smallest absolute Gasteiger partial charge is 0.250 e. The Morgan fingerprint density at radius 1 is 1.06 bits per heavy atom. The van der Waals surface area contributed by atoms with Gasteiger partial charge < -0.3 is 9.84 Å². The van der Waals surface area contributed by atoms with Gasteiger partial charge in [0, 0.05) is 11.3 Å². The number of hydrazone groups is 1. The van der Waals surface area contributed by atoms with E-state index in [0.29, 0.717) is 22.3 Å². The van der Waals surface area contributed by atoms with Crippen molar-refractivity contribution >= 4 is 23.9 Å². The number of aromatic nitrogens is 3. The molecule has 0 saturated heterocycles. The number of carbonyl (C=O) groups excluding carboxylic acids is 1. The van der Waals surface area contributed by atoms with Gasteiger partial charge in [0.25, 0.3) is 5.91 Å². The summed E-state index contributed by atoms with van der Waals surface area (Å²) in [5, 5.41) is 23.0. The molecule has 1 amide bonds. The second-order valence-electron chi connectivity index (χ2n) is 7.86. The van der Waals surface area contributed by atoms with Crippen LogP contribution in [0.3, 0.4) is 0 Å². The summed E-state index contributed by atoms with van der Waals surface area (Å²) in [6.45, 7) is 4.07. The van der Waals surface area contributed by atoms with E-state index in [9.17, 15) is 9.90 Å². The van der Waals surface area contributed by atoms with E-state index < -0.39 is 0 Å².